The summed E-state index contributed by atoms with van der Waals surface area (Å²) in [6.07, 6.45) is -1.88. The van der Waals surface area contributed by atoms with E-state index in [1.54, 1.807) is 38.2 Å². The van der Waals surface area contributed by atoms with Gasteiger partial charge in [-0.3, -0.25) is 24.2 Å². The standard InChI is InChI=1S/C17H13ClF3N5O2.C17H12F4N4O2.C15H12F3N5O3.C15H11F3N4O3/c1-10-13(18)4-11(5-22-10)8-26-15(27)3-2-14(25-26)12-6-23-16(24-7-12)28-9-17(19,20)21;18-13-4-2-1-3-11(13)9-25-15(26)6-5-14(24-25)12-7-22-16(23-8-12)27-10-17(19,20)21;1-9-21-11(7-25-9)6-23-13(24)3-2-12(22-23)10-4-19-14(20-5-10)26-8-15(16,17)18;16-15(17,18)9-25-14-19-5-11(6-20-14)12-1-2-13(23)22(21-12)7-10-3-4-24-8-10/h2-7H,8-9H2,1H3;1-8H,9-10H2;2-5,7H,6,8H2,1H3;1-6,8H,7,9H2. The predicted octanol–water partition coefficient (Wildman–Crippen LogP) is 10.1. The second kappa shape index (κ2) is 34.5. The van der Waals surface area contributed by atoms with Crippen molar-refractivity contribution < 1.29 is 84.9 Å². The summed E-state index contributed by atoms with van der Waals surface area (Å²) in [6.45, 7) is -2.10. The number of alkyl halides is 12. The van der Waals surface area contributed by atoms with Crippen molar-refractivity contribution in [1.29, 1.82) is 0 Å². The van der Waals surface area contributed by atoms with Crippen molar-refractivity contribution in [3.05, 3.63) is 246 Å². The number of aromatic nitrogens is 18. The van der Waals surface area contributed by atoms with E-state index in [2.05, 4.69) is 89.2 Å². The highest BCUT2D eigenvalue weighted by Crippen LogP contribution is 2.24. The highest BCUT2D eigenvalue weighted by molar-refractivity contribution is 6.31. The molecule has 12 rings (SSSR count). The number of benzene rings is 1. The molecule has 0 fully saturated rings. The van der Waals surface area contributed by atoms with Crippen LogP contribution in [-0.2, 0) is 26.2 Å². The van der Waals surface area contributed by atoms with Gasteiger partial charge in [-0.25, -0.2) is 68.0 Å². The minimum atomic E-state index is -4.49. The lowest BCUT2D eigenvalue weighted by Gasteiger charge is -2.09. The Bertz CT molecular complexity index is 5150. The van der Waals surface area contributed by atoms with Gasteiger partial charge in [0.2, 0.25) is 0 Å². The smallest absolute Gasteiger partial charge is 0.422 e. The maximum Gasteiger partial charge on any atom is 0.422 e. The van der Waals surface area contributed by atoms with Crippen LogP contribution in [0.3, 0.4) is 0 Å². The number of ether oxygens (including phenoxy) is 4. The van der Waals surface area contributed by atoms with E-state index in [0.29, 0.717) is 72.9 Å². The molecule has 12 aromatic rings. The Kier molecular flexibility index (Phi) is 25.2. The van der Waals surface area contributed by atoms with Crippen molar-refractivity contribution in [2.24, 2.45) is 0 Å². The third kappa shape index (κ3) is 24.2. The van der Waals surface area contributed by atoms with Gasteiger partial charge in [0.25, 0.3) is 22.2 Å². The van der Waals surface area contributed by atoms with Crippen molar-refractivity contribution in [3.63, 3.8) is 0 Å². The highest BCUT2D eigenvalue weighted by Gasteiger charge is 2.32. The molecule has 0 aliphatic carbocycles. The van der Waals surface area contributed by atoms with E-state index in [1.807, 2.05) is 0 Å². The van der Waals surface area contributed by atoms with Gasteiger partial charge in [0.05, 0.1) is 72.2 Å². The Morgan fingerprint density at radius 1 is 0.415 bits per heavy atom. The average Bonchev–Trinajstić information content (AvgIpc) is 0.993. The van der Waals surface area contributed by atoms with Crippen molar-refractivity contribution in [3.8, 4) is 69.1 Å². The third-order valence-corrected chi connectivity index (χ3v) is 13.6. The number of furan rings is 1. The predicted molar refractivity (Wildman–Crippen MR) is 341 cm³/mol. The quantitative estimate of drug-likeness (QED) is 0.0640. The van der Waals surface area contributed by atoms with Gasteiger partial charge in [-0.05, 0) is 55.0 Å². The first-order valence-electron chi connectivity index (χ1n) is 29.9. The zero-order chi connectivity index (χ0) is 76.3. The lowest BCUT2D eigenvalue weighted by atomic mass is 10.2. The first kappa shape index (κ1) is 77.4. The molecule has 0 unspecified atom stereocenters. The molecule has 0 saturated heterocycles. The normalized spacial score (nSPS) is 11.5. The molecular formula is C64H48ClF13N18O10. The minimum absolute atomic E-state index is 0.0764. The fraction of sp³-hybridized carbons (Fsp3) is 0.219. The van der Waals surface area contributed by atoms with Gasteiger partial charge in [0, 0.05) is 120 Å². The number of rotatable bonds is 20. The van der Waals surface area contributed by atoms with Crippen LogP contribution in [0.5, 0.6) is 24.0 Å². The molecule has 0 N–H and O–H groups in total. The fourth-order valence-electron chi connectivity index (χ4n) is 8.33. The summed E-state index contributed by atoms with van der Waals surface area (Å²) in [5.41, 5.74) is 4.55. The van der Waals surface area contributed by atoms with Crippen LogP contribution < -0.4 is 41.2 Å². The number of oxazole rings is 1. The van der Waals surface area contributed by atoms with Crippen molar-refractivity contribution >= 4 is 11.6 Å². The molecular weight excluding hydrogens is 1460 g/mol. The monoisotopic (exact) mass is 1510 g/mol. The third-order valence-electron chi connectivity index (χ3n) is 13.2. The maximum atomic E-state index is 13.8. The van der Waals surface area contributed by atoms with E-state index in [0.717, 1.165) is 10.2 Å². The lowest BCUT2D eigenvalue weighted by Crippen LogP contribution is -2.23. The largest absolute Gasteiger partial charge is 0.472 e. The number of pyridine rings is 1. The van der Waals surface area contributed by atoms with Gasteiger partial charge in [-0.2, -0.15) is 73.1 Å². The highest BCUT2D eigenvalue weighted by atomic mass is 35.5. The minimum Gasteiger partial charge on any atom is -0.472 e. The molecule has 0 amide bonds. The Morgan fingerprint density at radius 3 is 1.08 bits per heavy atom. The Labute approximate surface area is 589 Å². The van der Waals surface area contributed by atoms with Crippen LogP contribution >= 0.6 is 11.6 Å². The molecule has 106 heavy (non-hydrogen) atoms. The van der Waals surface area contributed by atoms with Crippen LogP contribution in [0, 0.1) is 19.7 Å². The Morgan fingerprint density at radius 2 is 0.764 bits per heavy atom. The van der Waals surface area contributed by atoms with E-state index in [4.69, 9.17) is 20.4 Å². The summed E-state index contributed by atoms with van der Waals surface area (Å²) in [6, 6.07) is 18.8. The molecule has 1 aromatic carbocycles. The molecule has 0 saturated carbocycles. The summed E-state index contributed by atoms with van der Waals surface area (Å²) < 4.78 is 192. The zero-order valence-corrected chi connectivity index (χ0v) is 54.8. The second-order valence-electron chi connectivity index (χ2n) is 21.5. The van der Waals surface area contributed by atoms with Crippen molar-refractivity contribution in [2.45, 2.75) is 64.7 Å². The van der Waals surface area contributed by atoms with Gasteiger partial charge in [-0.15, -0.1) is 0 Å². The molecule has 42 heteroatoms. The van der Waals surface area contributed by atoms with Crippen molar-refractivity contribution in [2.75, 3.05) is 26.4 Å². The molecule has 11 heterocycles. The second-order valence-corrected chi connectivity index (χ2v) is 21.9. The number of nitrogens with zero attached hydrogens (tertiary/aromatic N) is 18. The first-order chi connectivity index (χ1) is 50.2. The van der Waals surface area contributed by atoms with Gasteiger partial charge in [-0.1, -0.05) is 29.8 Å². The molecule has 28 nitrogen and oxygen atoms in total. The molecule has 0 radical (unpaired) electrons. The van der Waals surface area contributed by atoms with Crippen molar-refractivity contribution in [1.82, 2.24) is 89.0 Å². The average molecular weight is 1510 g/mol. The van der Waals surface area contributed by atoms with Crippen LogP contribution in [0.4, 0.5) is 57.1 Å². The molecule has 0 spiro atoms. The number of hydrogen-bond donors (Lipinski definition) is 0. The molecule has 0 aliphatic rings. The van der Waals surface area contributed by atoms with E-state index in [9.17, 15) is 76.3 Å². The molecule has 0 bridgehead atoms. The Hall–Kier alpha value is -12.7. The van der Waals surface area contributed by atoms with Gasteiger partial charge >= 0.3 is 48.7 Å². The van der Waals surface area contributed by atoms with Crippen LogP contribution in [0.2, 0.25) is 5.02 Å². The first-order valence-corrected chi connectivity index (χ1v) is 30.3. The number of aryl methyl sites for hydroxylation is 2. The molecule has 0 aliphatic heterocycles. The summed E-state index contributed by atoms with van der Waals surface area (Å²) in [4.78, 5) is 85.8. The number of halogens is 14. The molecule has 0 atom stereocenters. The summed E-state index contributed by atoms with van der Waals surface area (Å²) in [7, 11) is 0. The molecule has 11 aromatic heterocycles. The fourth-order valence-corrected chi connectivity index (χ4v) is 8.51. The lowest BCUT2D eigenvalue weighted by molar-refractivity contribution is -0.155. The SMILES string of the molecule is Cc1nc(Cn2nc(-c3cnc(OCC(F)(F)F)nc3)ccc2=O)co1.Cc1ncc(Cn2nc(-c3cnc(OCC(F)(F)F)nc3)ccc2=O)cc1Cl.O=c1ccc(-c2cnc(OCC(F)(F)F)nc2)nn1Cc1ccccc1F.O=c1ccc(-c2cnc(OCC(F)(F)F)nc2)nn1Cc1ccoc1. The topological polar surface area (TPSA) is 332 Å². The van der Waals surface area contributed by atoms with E-state index in [1.165, 1.54) is 149 Å². The summed E-state index contributed by atoms with van der Waals surface area (Å²) in [5, 5.41) is 17.2. The van der Waals surface area contributed by atoms with E-state index >= 15 is 0 Å². The van der Waals surface area contributed by atoms with Crippen LogP contribution in [-0.4, -0.2) is 140 Å². The summed E-state index contributed by atoms with van der Waals surface area (Å²) >= 11 is 6.05. The number of hydrogen-bond acceptors (Lipinski definition) is 24. The summed E-state index contributed by atoms with van der Waals surface area (Å²) in [5.74, 6) is -0.00171. The van der Waals surface area contributed by atoms with E-state index in [-0.39, 0.29) is 48.4 Å². The van der Waals surface area contributed by atoms with Crippen LogP contribution in [0.1, 0.15) is 34.0 Å². The van der Waals surface area contributed by atoms with Gasteiger partial charge in [0.15, 0.2) is 32.3 Å². The van der Waals surface area contributed by atoms with Gasteiger partial charge < -0.3 is 27.8 Å². The molecule has 552 valence electrons. The van der Waals surface area contributed by atoms with E-state index < -0.39 is 86.6 Å². The maximum absolute atomic E-state index is 13.8. The Balaban J connectivity index is 0.000000164. The van der Waals surface area contributed by atoms with Crippen LogP contribution in [0.15, 0.2) is 188 Å². The van der Waals surface area contributed by atoms with Crippen LogP contribution in [0.25, 0.3) is 45.0 Å². The zero-order valence-electron chi connectivity index (χ0n) is 54.1. The van der Waals surface area contributed by atoms with Gasteiger partial charge in [0.1, 0.15) is 17.8 Å².